The molecule has 0 N–H and O–H groups in total. The van der Waals surface area contributed by atoms with Crippen molar-refractivity contribution in [2.24, 2.45) is 0 Å². The number of methoxy groups -OCH3 is 3. The van der Waals surface area contributed by atoms with E-state index in [4.69, 9.17) is 18.9 Å². The van der Waals surface area contributed by atoms with Crippen molar-refractivity contribution < 1.29 is 33.5 Å². The first-order valence-corrected chi connectivity index (χ1v) is 11.5. The summed E-state index contributed by atoms with van der Waals surface area (Å²) in [5.74, 6) is 0.911. The summed E-state index contributed by atoms with van der Waals surface area (Å²) in [6.45, 7) is 0.534. The predicted molar refractivity (Wildman–Crippen MR) is 133 cm³/mol. The molecule has 0 radical (unpaired) electrons. The minimum atomic E-state index is -0.507. The van der Waals surface area contributed by atoms with Gasteiger partial charge in [-0.15, -0.1) is 0 Å². The van der Waals surface area contributed by atoms with Crippen LogP contribution in [-0.2, 0) is 11.2 Å². The Balaban J connectivity index is 1.66. The number of amides is 1. The van der Waals surface area contributed by atoms with Gasteiger partial charge >= 0.3 is 5.97 Å². The van der Waals surface area contributed by atoms with Crippen LogP contribution in [0.3, 0.4) is 0 Å². The molecular weight excluding hydrogens is 480 g/mol. The first kappa shape index (κ1) is 25.5. The maximum absolute atomic E-state index is 13.5. The molecule has 4 rings (SSSR count). The summed E-state index contributed by atoms with van der Waals surface area (Å²) >= 11 is 0. The van der Waals surface area contributed by atoms with Crippen molar-refractivity contribution in [3.8, 4) is 17.2 Å². The van der Waals surface area contributed by atoms with Crippen LogP contribution in [0.2, 0.25) is 0 Å². The predicted octanol–water partition coefficient (Wildman–Crippen LogP) is 4.22. The third-order valence-electron chi connectivity index (χ3n) is 6.27. The molecule has 10 nitrogen and oxygen atoms in total. The van der Waals surface area contributed by atoms with E-state index in [9.17, 15) is 19.7 Å². The topological polar surface area (TPSA) is 117 Å². The Labute approximate surface area is 213 Å². The van der Waals surface area contributed by atoms with Gasteiger partial charge in [0.2, 0.25) is 0 Å². The number of carbonyl (C=O) groups is 2. The molecule has 1 heterocycles. The number of hydrogen-bond acceptors (Lipinski definition) is 8. The Morgan fingerprint density at radius 3 is 2.16 bits per heavy atom. The lowest BCUT2D eigenvalue weighted by atomic mass is 9.91. The van der Waals surface area contributed by atoms with E-state index in [2.05, 4.69) is 0 Å². The third-order valence-corrected chi connectivity index (χ3v) is 6.27. The number of hydrogen-bond donors (Lipinski definition) is 0. The van der Waals surface area contributed by atoms with Crippen molar-refractivity contribution in [2.45, 2.75) is 12.5 Å². The molecule has 1 aliphatic heterocycles. The molecule has 0 bridgehead atoms. The highest BCUT2D eigenvalue weighted by molar-refractivity contribution is 5.95. The fourth-order valence-electron chi connectivity index (χ4n) is 4.32. The number of nitro benzene ring substituents is 1. The van der Waals surface area contributed by atoms with Crippen molar-refractivity contribution in [3.05, 3.63) is 93.0 Å². The van der Waals surface area contributed by atoms with Crippen LogP contribution in [0.5, 0.6) is 17.2 Å². The molecule has 1 atom stereocenters. The number of fused-ring (bicyclic) bond motifs is 1. The SMILES string of the molecule is COC(=O)c1ccc(OC[C@H]2c3cc(OC)c(OC)cc3CCN2C(=O)c2ccc([N+](=O)[O-])cc2)cc1. The van der Waals surface area contributed by atoms with Gasteiger partial charge in [0.25, 0.3) is 11.6 Å². The fraction of sp³-hybridized carbons (Fsp3) is 0.259. The Morgan fingerprint density at radius 1 is 0.946 bits per heavy atom. The van der Waals surface area contributed by atoms with Gasteiger partial charge in [0.15, 0.2) is 11.5 Å². The molecule has 0 saturated carbocycles. The van der Waals surface area contributed by atoms with Crippen molar-refractivity contribution in [3.63, 3.8) is 0 Å². The molecule has 3 aromatic rings. The van der Waals surface area contributed by atoms with E-state index in [1.807, 2.05) is 12.1 Å². The smallest absolute Gasteiger partial charge is 0.337 e. The van der Waals surface area contributed by atoms with E-state index in [1.54, 1.807) is 43.4 Å². The van der Waals surface area contributed by atoms with Gasteiger partial charge in [-0.2, -0.15) is 0 Å². The van der Waals surface area contributed by atoms with Crippen LogP contribution in [0.15, 0.2) is 60.7 Å². The Morgan fingerprint density at radius 2 is 1.57 bits per heavy atom. The number of nitrogens with zero attached hydrogens (tertiary/aromatic N) is 2. The van der Waals surface area contributed by atoms with E-state index < -0.39 is 16.9 Å². The molecule has 1 amide bonds. The first-order chi connectivity index (χ1) is 17.9. The summed E-state index contributed by atoms with van der Waals surface area (Å²) in [6, 6.07) is 15.3. The van der Waals surface area contributed by atoms with Crippen LogP contribution in [0.1, 0.15) is 37.9 Å². The van der Waals surface area contributed by atoms with Gasteiger partial charge in [0, 0.05) is 24.2 Å². The molecule has 0 aliphatic carbocycles. The van der Waals surface area contributed by atoms with Crippen molar-refractivity contribution in [1.29, 1.82) is 0 Å². The molecule has 37 heavy (non-hydrogen) atoms. The molecule has 10 heteroatoms. The van der Waals surface area contributed by atoms with Crippen molar-refractivity contribution in [2.75, 3.05) is 34.5 Å². The summed E-state index contributed by atoms with van der Waals surface area (Å²) in [7, 11) is 4.42. The van der Waals surface area contributed by atoms with Crippen molar-refractivity contribution in [1.82, 2.24) is 4.90 Å². The van der Waals surface area contributed by atoms with Gasteiger partial charge in [-0.1, -0.05) is 0 Å². The van der Waals surface area contributed by atoms with Gasteiger partial charge in [0.1, 0.15) is 12.4 Å². The summed E-state index contributed by atoms with van der Waals surface area (Å²) < 4.78 is 21.7. The quantitative estimate of drug-likeness (QED) is 0.253. The zero-order valence-electron chi connectivity index (χ0n) is 20.6. The number of rotatable bonds is 8. The first-order valence-electron chi connectivity index (χ1n) is 11.5. The average Bonchev–Trinajstić information content (AvgIpc) is 2.94. The van der Waals surface area contributed by atoms with Gasteiger partial charge < -0.3 is 23.8 Å². The van der Waals surface area contributed by atoms with Crippen LogP contribution in [0.25, 0.3) is 0 Å². The maximum Gasteiger partial charge on any atom is 0.337 e. The highest BCUT2D eigenvalue weighted by atomic mass is 16.6. The number of non-ortho nitro benzene ring substituents is 1. The standard InChI is InChI=1S/C27H26N2O8/c1-34-24-14-19-12-13-28(26(30)17-4-8-20(9-5-17)29(32)33)23(22(19)15-25(24)35-2)16-37-21-10-6-18(7-11-21)27(31)36-3/h4-11,14-15,23H,12-13,16H2,1-3H3/t23-/m0/s1. The van der Waals surface area contributed by atoms with E-state index in [0.717, 1.165) is 11.1 Å². The largest absolute Gasteiger partial charge is 0.493 e. The molecule has 0 unspecified atom stereocenters. The molecule has 0 fully saturated rings. The number of carbonyl (C=O) groups excluding carboxylic acids is 2. The van der Waals surface area contributed by atoms with Gasteiger partial charge in [-0.3, -0.25) is 14.9 Å². The summed E-state index contributed by atoms with van der Waals surface area (Å²) in [5.41, 5.74) is 2.49. The molecule has 0 saturated heterocycles. The Kier molecular flexibility index (Phi) is 7.57. The third kappa shape index (κ3) is 5.32. The lowest BCUT2D eigenvalue weighted by Crippen LogP contribution is -2.42. The van der Waals surface area contributed by atoms with Crippen LogP contribution in [0.4, 0.5) is 5.69 Å². The molecule has 0 spiro atoms. The van der Waals surface area contributed by atoms with Gasteiger partial charge in [0.05, 0.1) is 37.9 Å². The molecule has 192 valence electrons. The van der Waals surface area contributed by atoms with Crippen LogP contribution in [0, 0.1) is 10.1 Å². The monoisotopic (exact) mass is 506 g/mol. The maximum atomic E-state index is 13.5. The fourth-order valence-corrected chi connectivity index (χ4v) is 4.32. The number of nitro groups is 1. The number of esters is 1. The second-order valence-corrected chi connectivity index (χ2v) is 8.30. The van der Waals surface area contributed by atoms with Crippen LogP contribution in [-0.4, -0.2) is 56.2 Å². The Bertz CT molecular complexity index is 1310. The number of ether oxygens (including phenoxy) is 4. The highest BCUT2D eigenvalue weighted by Gasteiger charge is 2.33. The van der Waals surface area contributed by atoms with E-state index in [-0.39, 0.29) is 18.2 Å². The lowest BCUT2D eigenvalue weighted by Gasteiger charge is -2.37. The molecule has 0 aromatic heterocycles. The number of benzene rings is 3. The van der Waals surface area contributed by atoms with Gasteiger partial charge in [-0.25, -0.2) is 4.79 Å². The lowest BCUT2D eigenvalue weighted by molar-refractivity contribution is -0.384. The normalized spacial score (nSPS) is 14.4. The van der Waals surface area contributed by atoms with Gasteiger partial charge in [-0.05, 0) is 66.1 Å². The summed E-state index contributed by atoms with van der Waals surface area (Å²) in [4.78, 5) is 37.5. The second-order valence-electron chi connectivity index (χ2n) is 8.30. The summed E-state index contributed by atoms with van der Waals surface area (Å²) in [5, 5.41) is 11.0. The zero-order chi connectivity index (χ0) is 26.5. The van der Waals surface area contributed by atoms with Crippen molar-refractivity contribution >= 4 is 17.6 Å². The minimum Gasteiger partial charge on any atom is -0.493 e. The highest BCUT2D eigenvalue weighted by Crippen LogP contribution is 2.39. The zero-order valence-corrected chi connectivity index (χ0v) is 20.6. The van der Waals surface area contributed by atoms with E-state index >= 15 is 0 Å². The van der Waals surface area contributed by atoms with E-state index in [0.29, 0.717) is 41.3 Å². The molecule has 3 aromatic carbocycles. The molecule has 1 aliphatic rings. The average molecular weight is 507 g/mol. The van der Waals surface area contributed by atoms with E-state index in [1.165, 1.54) is 31.4 Å². The minimum absolute atomic E-state index is 0.0901. The Hall–Kier alpha value is -4.60. The van der Waals surface area contributed by atoms with Crippen LogP contribution < -0.4 is 14.2 Å². The van der Waals surface area contributed by atoms with Crippen LogP contribution >= 0.6 is 0 Å². The summed E-state index contributed by atoms with van der Waals surface area (Å²) in [6.07, 6.45) is 0.582. The molecular formula is C27H26N2O8. The second kappa shape index (κ2) is 11.0.